The second-order valence-electron chi connectivity index (χ2n) is 3.21. The lowest BCUT2D eigenvalue weighted by atomic mass is 10.1. The smallest absolute Gasteiger partial charge is 0.337 e. The molecule has 1 aromatic carbocycles. The van der Waals surface area contributed by atoms with Crippen LogP contribution < -0.4 is 0 Å². The van der Waals surface area contributed by atoms with Gasteiger partial charge in [0.1, 0.15) is 0 Å². The highest BCUT2D eigenvalue weighted by Crippen LogP contribution is 2.22. The molecule has 1 aromatic heterocycles. The summed E-state index contributed by atoms with van der Waals surface area (Å²) in [6, 6.07) is 6.65. The SMILES string of the molecule is N#Cc1cc(S)c2ncc(C(=O)O)cc2c1. The largest absolute Gasteiger partial charge is 0.478 e. The first-order valence-electron chi connectivity index (χ1n) is 4.38. The van der Waals surface area contributed by atoms with Crippen LogP contribution in [0, 0.1) is 11.3 Å². The molecular weight excluding hydrogens is 224 g/mol. The van der Waals surface area contributed by atoms with Gasteiger partial charge < -0.3 is 5.11 Å². The number of carbonyl (C=O) groups is 1. The van der Waals surface area contributed by atoms with Crippen LogP contribution in [0.25, 0.3) is 10.9 Å². The third-order valence-electron chi connectivity index (χ3n) is 2.14. The standard InChI is InChI=1S/C11H6N2O2S/c12-4-6-1-7-3-8(11(14)15)5-13-10(7)9(16)2-6/h1-3,5,16H,(H,14,15). The van der Waals surface area contributed by atoms with E-state index >= 15 is 0 Å². The summed E-state index contributed by atoms with van der Waals surface area (Å²) in [5.41, 5.74) is 1.12. The van der Waals surface area contributed by atoms with E-state index in [1.165, 1.54) is 12.3 Å². The number of carboxylic acids is 1. The van der Waals surface area contributed by atoms with Crippen molar-refractivity contribution in [3.63, 3.8) is 0 Å². The van der Waals surface area contributed by atoms with Crippen molar-refractivity contribution < 1.29 is 9.90 Å². The van der Waals surface area contributed by atoms with Crippen molar-refractivity contribution in [2.24, 2.45) is 0 Å². The van der Waals surface area contributed by atoms with E-state index in [1.54, 1.807) is 12.1 Å². The van der Waals surface area contributed by atoms with Crippen LogP contribution in [0.5, 0.6) is 0 Å². The van der Waals surface area contributed by atoms with Crippen molar-refractivity contribution in [3.8, 4) is 6.07 Å². The first-order chi connectivity index (χ1) is 7.61. The van der Waals surface area contributed by atoms with E-state index in [2.05, 4.69) is 17.6 Å². The number of benzene rings is 1. The van der Waals surface area contributed by atoms with Crippen molar-refractivity contribution in [1.29, 1.82) is 5.26 Å². The molecule has 0 saturated heterocycles. The van der Waals surface area contributed by atoms with Crippen molar-refractivity contribution in [2.75, 3.05) is 0 Å². The van der Waals surface area contributed by atoms with Gasteiger partial charge >= 0.3 is 5.97 Å². The van der Waals surface area contributed by atoms with Crippen molar-refractivity contribution in [2.45, 2.75) is 4.90 Å². The molecule has 0 amide bonds. The highest BCUT2D eigenvalue weighted by atomic mass is 32.1. The predicted molar refractivity (Wildman–Crippen MR) is 60.7 cm³/mol. The fraction of sp³-hybridized carbons (Fsp3) is 0. The Morgan fingerprint density at radius 3 is 2.81 bits per heavy atom. The summed E-state index contributed by atoms with van der Waals surface area (Å²) in [7, 11) is 0. The van der Waals surface area contributed by atoms with Gasteiger partial charge in [0.25, 0.3) is 0 Å². The Balaban J connectivity index is 2.77. The maximum Gasteiger partial charge on any atom is 0.337 e. The maximum atomic E-state index is 10.8. The Morgan fingerprint density at radius 2 is 2.19 bits per heavy atom. The Hall–Kier alpha value is -2.06. The number of hydrogen-bond donors (Lipinski definition) is 2. The number of carboxylic acid groups (broad SMARTS) is 1. The number of hydrogen-bond acceptors (Lipinski definition) is 4. The summed E-state index contributed by atoms with van der Waals surface area (Å²) >= 11 is 4.20. The van der Waals surface area contributed by atoms with Crippen molar-refractivity contribution in [1.82, 2.24) is 4.98 Å². The Labute approximate surface area is 96.6 Å². The zero-order valence-corrected chi connectivity index (χ0v) is 8.90. The lowest BCUT2D eigenvalue weighted by Crippen LogP contribution is -1.97. The molecular formula is C11H6N2O2S. The second kappa shape index (κ2) is 3.83. The second-order valence-corrected chi connectivity index (χ2v) is 3.69. The molecule has 0 fully saturated rings. The quantitative estimate of drug-likeness (QED) is 0.736. The third kappa shape index (κ3) is 1.71. The highest BCUT2D eigenvalue weighted by molar-refractivity contribution is 7.80. The van der Waals surface area contributed by atoms with Gasteiger partial charge in [0.2, 0.25) is 0 Å². The summed E-state index contributed by atoms with van der Waals surface area (Å²) in [6.45, 7) is 0. The molecule has 4 nitrogen and oxygen atoms in total. The van der Waals surface area contributed by atoms with Crippen LogP contribution in [-0.4, -0.2) is 16.1 Å². The van der Waals surface area contributed by atoms with E-state index in [-0.39, 0.29) is 5.56 Å². The lowest BCUT2D eigenvalue weighted by molar-refractivity contribution is 0.0696. The predicted octanol–water partition coefficient (Wildman–Crippen LogP) is 2.09. The van der Waals surface area contributed by atoms with E-state index in [9.17, 15) is 4.79 Å². The molecule has 1 heterocycles. The van der Waals surface area contributed by atoms with Gasteiger partial charge in [0.05, 0.1) is 22.7 Å². The van der Waals surface area contributed by atoms with E-state index in [4.69, 9.17) is 10.4 Å². The number of fused-ring (bicyclic) bond motifs is 1. The minimum atomic E-state index is -1.04. The zero-order chi connectivity index (χ0) is 11.7. The van der Waals surface area contributed by atoms with Gasteiger partial charge in [-0.05, 0) is 18.2 Å². The van der Waals surface area contributed by atoms with Crippen LogP contribution in [0.15, 0.2) is 29.3 Å². The first kappa shape index (κ1) is 10.5. The Bertz CT molecular complexity index is 632. The van der Waals surface area contributed by atoms with Crippen LogP contribution in [0.3, 0.4) is 0 Å². The Morgan fingerprint density at radius 1 is 1.44 bits per heavy atom. The minimum Gasteiger partial charge on any atom is -0.478 e. The molecule has 5 heteroatoms. The van der Waals surface area contributed by atoms with Crippen molar-refractivity contribution in [3.05, 3.63) is 35.5 Å². The number of aromatic nitrogens is 1. The van der Waals surface area contributed by atoms with Gasteiger partial charge in [-0.25, -0.2) is 4.79 Å². The molecule has 0 radical (unpaired) electrons. The molecule has 0 atom stereocenters. The number of nitriles is 1. The van der Waals surface area contributed by atoms with Crippen LogP contribution >= 0.6 is 12.6 Å². The van der Waals surface area contributed by atoms with Crippen molar-refractivity contribution >= 4 is 29.5 Å². The van der Waals surface area contributed by atoms with E-state index in [1.807, 2.05) is 6.07 Å². The summed E-state index contributed by atoms with van der Waals surface area (Å²) in [4.78, 5) is 15.3. The highest BCUT2D eigenvalue weighted by Gasteiger charge is 2.07. The molecule has 1 N–H and O–H groups in total. The zero-order valence-electron chi connectivity index (χ0n) is 8.01. The fourth-order valence-electron chi connectivity index (χ4n) is 1.41. The number of thiol groups is 1. The molecule has 0 aliphatic heterocycles. The molecule has 0 aliphatic carbocycles. The summed E-state index contributed by atoms with van der Waals surface area (Å²) in [5.74, 6) is -1.04. The lowest BCUT2D eigenvalue weighted by Gasteiger charge is -2.02. The van der Waals surface area contributed by atoms with Gasteiger partial charge in [0.15, 0.2) is 0 Å². The molecule has 16 heavy (non-hydrogen) atoms. The fourth-order valence-corrected chi connectivity index (χ4v) is 1.74. The van der Waals surface area contributed by atoms with Gasteiger partial charge in [-0.2, -0.15) is 5.26 Å². The molecule has 0 unspecified atom stereocenters. The van der Waals surface area contributed by atoms with Crippen LogP contribution in [-0.2, 0) is 0 Å². The molecule has 0 spiro atoms. The number of nitrogens with zero attached hydrogens (tertiary/aromatic N) is 2. The number of pyridine rings is 1. The Kier molecular flexibility index (Phi) is 2.50. The van der Waals surface area contributed by atoms with Gasteiger partial charge in [-0.15, -0.1) is 12.6 Å². The topological polar surface area (TPSA) is 74.0 Å². The van der Waals surface area contributed by atoms with Crippen LogP contribution in [0.4, 0.5) is 0 Å². The van der Waals surface area contributed by atoms with Gasteiger partial charge in [0, 0.05) is 16.5 Å². The molecule has 0 saturated carbocycles. The summed E-state index contributed by atoms with van der Waals surface area (Å²) in [6.07, 6.45) is 1.27. The molecule has 78 valence electrons. The number of rotatable bonds is 1. The molecule has 0 bridgehead atoms. The third-order valence-corrected chi connectivity index (χ3v) is 2.48. The normalized spacial score (nSPS) is 10.0. The maximum absolute atomic E-state index is 10.8. The average Bonchev–Trinajstić information content (AvgIpc) is 2.28. The first-order valence-corrected chi connectivity index (χ1v) is 4.82. The van der Waals surface area contributed by atoms with E-state index < -0.39 is 5.97 Å². The van der Waals surface area contributed by atoms with Crippen LogP contribution in [0.2, 0.25) is 0 Å². The van der Waals surface area contributed by atoms with Crippen LogP contribution in [0.1, 0.15) is 15.9 Å². The number of aromatic carboxylic acids is 1. The minimum absolute atomic E-state index is 0.0929. The monoisotopic (exact) mass is 230 g/mol. The summed E-state index contributed by atoms with van der Waals surface area (Å²) in [5, 5.41) is 18.2. The van der Waals surface area contributed by atoms with Gasteiger partial charge in [-0.3, -0.25) is 4.98 Å². The molecule has 0 aliphatic rings. The van der Waals surface area contributed by atoms with Gasteiger partial charge in [-0.1, -0.05) is 0 Å². The average molecular weight is 230 g/mol. The van der Waals surface area contributed by atoms with E-state index in [0.717, 1.165) is 0 Å². The summed E-state index contributed by atoms with van der Waals surface area (Å²) < 4.78 is 0. The molecule has 2 aromatic rings. The van der Waals surface area contributed by atoms with E-state index in [0.29, 0.717) is 21.4 Å². The molecule has 2 rings (SSSR count).